The third-order valence-electron chi connectivity index (χ3n) is 4.67. The predicted molar refractivity (Wildman–Crippen MR) is 107 cm³/mol. The van der Waals surface area contributed by atoms with E-state index >= 15 is 0 Å². The van der Waals surface area contributed by atoms with E-state index in [9.17, 15) is 19.1 Å². The molecule has 1 aliphatic rings. The van der Waals surface area contributed by atoms with Crippen molar-refractivity contribution >= 4 is 45.8 Å². The summed E-state index contributed by atoms with van der Waals surface area (Å²) in [5.41, 5.74) is -1.05. The number of ether oxygens (including phenoxy) is 1. The fourth-order valence-electron chi connectivity index (χ4n) is 3.33. The number of aromatic nitrogens is 2. The van der Waals surface area contributed by atoms with Crippen LogP contribution in [0.1, 0.15) is 10.4 Å². The van der Waals surface area contributed by atoms with E-state index in [1.807, 2.05) is 0 Å². The molecule has 0 atom stereocenters. The van der Waals surface area contributed by atoms with Crippen LogP contribution in [-0.4, -0.2) is 46.9 Å². The minimum absolute atomic E-state index is 0.00677. The van der Waals surface area contributed by atoms with Crippen molar-refractivity contribution in [3.8, 4) is 5.82 Å². The molecule has 0 unspecified atom stereocenters. The van der Waals surface area contributed by atoms with Gasteiger partial charge in [-0.2, -0.15) is 0 Å². The van der Waals surface area contributed by atoms with Crippen molar-refractivity contribution in [2.24, 2.45) is 0 Å². The molecule has 3 heterocycles. The van der Waals surface area contributed by atoms with Crippen molar-refractivity contribution in [3.63, 3.8) is 0 Å². The summed E-state index contributed by atoms with van der Waals surface area (Å²) in [7, 11) is 0. The van der Waals surface area contributed by atoms with Gasteiger partial charge >= 0.3 is 5.97 Å². The second-order valence-electron chi connectivity index (χ2n) is 6.40. The number of carboxylic acids is 1. The van der Waals surface area contributed by atoms with Gasteiger partial charge in [0, 0.05) is 25.5 Å². The molecule has 29 heavy (non-hydrogen) atoms. The number of morpholine rings is 1. The maximum absolute atomic E-state index is 15.0. The number of benzene rings is 1. The van der Waals surface area contributed by atoms with E-state index in [0.29, 0.717) is 31.3 Å². The molecular formula is C19H14Cl2FN3O4. The second kappa shape index (κ2) is 7.62. The van der Waals surface area contributed by atoms with Gasteiger partial charge in [0.1, 0.15) is 17.2 Å². The van der Waals surface area contributed by atoms with Gasteiger partial charge in [0.2, 0.25) is 5.43 Å². The van der Waals surface area contributed by atoms with Crippen LogP contribution in [0.4, 0.5) is 10.1 Å². The molecule has 0 bridgehead atoms. The van der Waals surface area contributed by atoms with Crippen molar-refractivity contribution in [3.05, 3.63) is 62.2 Å². The highest BCUT2D eigenvalue weighted by Gasteiger charge is 2.25. The van der Waals surface area contributed by atoms with Crippen molar-refractivity contribution in [1.82, 2.24) is 9.55 Å². The van der Waals surface area contributed by atoms with Gasteiger partial charge in [-0.3, -0.25) is 9.36 Å². The molecule has 1 fully saturated rings. The van der Waals surface area contributed by atoms with Crippen LogP contribution in [0.5, 0.6) is 0 Å². The van der Waals surface area contributed by atoms with Gasteiger partial charge in [-0.1, -0.05) is 23.2 Å². The molecular weight excluding hydrogens is 424 g/mol. The van der Waals surface area contributed by atoms with Crippen molar-refractivity contribution in [2.45, 2.75) is 0 Å². The number of nitrogens with zero attached hydrogens (tertiary/aromatic N) is 3. The topological polar surface area (TPSA) is 84.7 Å². The zero-order valence-corrected chi connectivity index (χ0v) is 16.4. The maximum Gasteiger partial charge on any atom is 0.341 e. The van der Waals surface area contributed by atoms with Crippen LogP contribution in [0.2, 0.25) is 10.0 Å². The third kappa shape index (κ3) is 3.43. The maximum atomic E-state index is 15.0. The highest BCUT2D eigenvalue weighted by Crippen LogP contribution is 2.36. The Bertz CT molecular complexity index is 1180. The van der Waals surface area contributed by atoms with Crippen LogP contribution < -0.4 is 10.3 Å². The molecule has 7 nitrogen and oxygen atoms in total. The Kier molecular flexibility index (Phi) is 5.16. The molecule has 10 heteroatoms. The Hall–Kier alpha value is -2.68. The fraction of sp³-hybridized carbons (Fsp3) is 0.211. The van der Waals surface area contributed by atoms with E-state index in [2.05, 4.69) is 4.98 Å². The standard InChI is InChI=1S/C19H14Cl2FN3O4/c20-10-1-2-14(23-8-10)25-9-12(19(27)28)18(26)11-7-13(22)17(15(21)16(11)25)24-3-5-29-6-4-24/h1-2,7-9H,3-6H2,(H,27,28). The normalized spacial score (nSPS) is 14.4. The van der Waals surface area contributed by atoms with Crippen LogP contribution in [0.15, 0.2) is 35.4 Å². The second-order valence-corrected chi connectivity index (χ2v) is 7.21. The van der Waals surface area contributed by atoms with Crippen LogP contribution >= 0.6 is 23.2 Å². The lowest BCUT2D eigenvalue weighted by Gasteiger charge is -2.30. The van der Waals surface area contributed by atoms with Gasteiger partial charge < -0.3 is 14.7 Å². The minimum atomic E-state index is -1.44. The summed E-state index contributed by atoms with van der Waals surface area (Å²) in [4.78, 5) is 30.2. The first kappa shape index (κ1) is 19.6. The molecule has 0 amide bonds. The summed E-state index contributed by atoms with van der Waals surface area (Å²) in [6.45, 7) is 1.69. The van der Waals surface area contributed by atoms with E-state index in [0.717, 1.165) is 12.3 Å². The van der Waals surface area contributed by atoms with Crippen LogP contribution in [0, 0.1) is 5.82 Å². The van der Waals surface area contributed by atoms with E-state index in [-0.39, 0.29) is 27.4 Å². The average molecular weight is 438 g/mol. The molecule has 0 aliphatic carbocycles. The number of anilines is 1. The SMILES string of the molecule is O=C(O)c1cn(-c2ccc(Cl)cn2)c2c(Cl)c(N3CCOCC3)c(F)cc2c1=O. The lowest BCUT2D eigenvalue weighted by Crippen LogP contribution is -2.37. The first-order valence-corrected chi connectivity index (χ1v) is 9.39. The smallest absolute Gasteiger partial charge is 0.341 e. The lowest BCUT2D eigenvalue weighted by atomic mass is 10.1. The summed E-state index contributed by atoms with van der Waals surface area (Å²) < 4.78 is 21.6. The molecule has 1 aliphatic heterocycles. The van der Waals surface area contributed by atoms with Crippen LogP contribution in [0.3, 0.4) is 0 Å². The third-order valence-corrected chi connectivity index (χ3v) is 5.25. The largest absolute Gasteiger partial charge is 0.477 e. The number of hydrogen-bond donors (Lipinski definition) is 1. The summed E-state index contributed by atoms with van der Waals surface area (Å²) in [6, 6.07) is 4.13. The fourth-order valence-corrected chi connectivity index (χ4v) is 3.84. The van der Waals surface area contributed by atoms with Gasteiger partial charge in [-0.15, -0.1) is 0 Å². The highest BCUT2D eigenvalue weighted by atomic mass is 35.5. The first-order chi connectivity index (χ1) is 13.9. The van der Waals surface area contributed by atoms with Crippen LogP contribution in [-0.2, 0) is 4.74 Å². The van der Waals surface area contributed by atoms with E-state index in [1.165, 1.54) is 10.8 Å². The van der Waals surface area contributed by atoms with Gasteiger partial charge in [0.25, 0.3) is 0 Å². The number of carbonyl (C=O) groups is 1. The molecule has 150 valence electrons. The van der Waals surface area contributed by atoms with E-state index in [4.69, 9.17) is 27.9 Å². The summed E-state index contributed by atoms with van der Waals surface area (Å²) in [5.74, 6) is -1.86. The van der Waals surface area contributed by atoms with Gasteiger partial charge in [0.15, 0.2) is 0 Å². The predicted octanol–water partition coefficient (Wildman–Crippen LogP) is 3.37. The quantitative estimate of drug-likeness (QED) is 0.675. The van der Waals surface area contributed by atoms with E-state index in [1.54, 1.807) is 17.0 Å². The number of fused-ring (bicyclic) bond motifs is 1. The van der Waals surface area contributed by atoms with Crippen molar-refractivity contribution < 1.29 is 19.0 Å². The monoisotopic (exact) mass is 437 g/mol. The zero-order valence-electron chi connectivity index (χ0n) is 14.9. The molecule has 0 spiro atoms. The van der Waals surface area contributed by atoms with Crippen LogP contribution in [0.25, 0.3) is 16.7 Å². The Morgan fingerprint density at radius 1 is 1.24 bits per heavy atom. The summed E-state index contributed by atoms with van der Waals surface area (Å²) in [6.07, 6.45) is 2.51. The molecule has 1 saturated heterocycles. The minimum Gasteiger partial charge on any atom is -0.477 e. The number of hydrogen-bond acceptors (Lipinski definition) is 5. The molecule has 0 radical (unpaired) electrons. The number of halogens is 3. The number of carboxylic acid groups (broad SMARTS) is 1. The molecule has 1 N–H and O–H groups in total. The molecule has 0 saturated carbocycles. The lowest BCUT2D eigenvalue weighted by molar-refractivity contribution is 0.0695. The molecule has 1 aromatic carbocycles. The molecule has 2 aromatic heterocycles. The highest BCUT2D eigenvalue weighted by molar-refractivity contribution is 6.38. The van der Waals surface area contributed by atoms with Crippen molar-refractivity contribution in [1.29, 1.82) is 0 Å². The van der Waals surface area contributed by atoms with Gasteiger partial charge in [-0.05, 0) is 18.2 Å². The Labute approximate surface area is 173 Å². The number of rotatable bonds is 3. The Balaban J connectivity index is 2.08. The Morgan fingerprint density at radius 3 is 2.59 bits per heavy atom. The van der Waals surface area contributed by atoms with Gasteiger partial charge in [-0.25, -0.2) is 14.2 Å². The molecule has 3 aromatic rings. The average Bonchev–Trinajstić information content (AvgIpc) is 2.70. The summed E-state index contributed by atoms with van der Waals surface area (Å²) in [5, 5.41) is 9.65. The number of pyridine rings is 2. The zero-order chi connectivity index (χ0) is 20.7. The Morgan fingerprint density at radius 2 is 1.97 bits per heavy atom. The molecule has 4 rings (SSSR count). The summed E-state index contributed by atoms with van der Waals surface area (Å²) >= 11 is 12.5. The van der Waals surface area contributed by atoms with Gasteiger partial charge in [0.05, 0.1) is 39.8 Å². The number of aromatic carboxylic acids is 1. The van der Waals surface area contributed by atoms with E-state index < -0.39 is 22.8 Å². The van der Waals surface area contributed by atoms with Crippen molar-refractivity contribution in [2.75, 3.05) is 31.2 Å². The first-order valence-electron chi connectivity index (χ1n) is 8.63.